The van der Waals surface area contributed by atoms with Gasteiger partial charge in [0, 0.05) is 11.4 Å². The Morgan fingerprint density at radius 2 is 1.97 bits per heavy atom. The number of anilines is 1. The van der Waals surface area contributed by atoms with Crippen LogP contribution in [0.1, 0.15) is 52.0 Å². The number of benzene rings is 1. The number of carbonyl (C=O) groups excluding carboxylic acids is 2. The summed E-state index contributed by atoms with van der Waals surface area (Å²) in [5.41, 5.74) is 8.27. The molecule has 0 unspecified atom stereocenters. The molecule has 174 valence electrons. The van der Waals surface area contributed by atoms with Gasteiger partial charge >= 0.3 is 0 Å². The molecule has 2 amide bonds. The normalized spacial score (nSPS) is 12.9. The zero-order chi connectivity index (χ0) is 23.4. The molecule has 4 rings (SSSR count). The minimum absolute atomic E-state index is 0.151. The van der Waals surface area contributed by atoms with E-state index in [0.29, 0.717) is 34.7 Å². The van der Waals surface area contributed by atoms with Crippen molar-refractivity contribution in [3.63, 3.8) is 0 Å². The Kier molecular flexibility index (Phi) is 7.34. The Balaban J connectivity index is 1.38. The number of primary amides is 1. The van der Waals surface area contributed by atoms with Crippen LogP contribution in [0.2, 0.25) is 0 Å². The molecule has 0 fully saturated rings. The summed E-state index contributed by atoms with van der Waals surface area (Å²) < 4.78 is 7.76. The van der Waals surface area contributed by atoms with Crippen LogP contribution in [-0.4, -0.2) is 32.3 Å². The van der Waals surface area contributed by atoms with Gasteiger partial charge in [0.05, 0.1) is 11.3 Å². The van der Waals surface area contributed by atoms with Crippen molar-refractivity contribution < 1.29 is 14.3 Å². The van der Waals surface area contributed by atoms with Crippen LogP contribution in [-0.2, 0) is 30.8 Å². The van der Waals surface area contributed by atoms with Crippen molar-refractivity contribution in [2.24, 2.45) is 5.73 Å². The third-order valence-electron chi connectivity index (χ3n) is 5.50. The molecule has 3 aromatic rings. The van der Waals surface area contributed by atoms with Crippen molar-refractivity contribution in [2.75, 3.05) is 11.1 Å². The summed E-state index contributed by atoms with van der Waals surface area (Å²) in [5, 5.41) is 12.6. The van der Waals surface area contributed by atoms with Crippen LogP contribution in [0.4, 0.5) is 5.00 Å². The fraction of sp³-hybridized carbons (Fsp3) is 0.391. The maximum absolute atomic E-state index is 12.7. The lowest BCUT2D eigenvalue weighted by atomic mass is 9.95. The Bertz CT molecular complexity index is 1150. The van der Waals surface area contributed by atoms with E-state index in [1.165, 1.54) is 28.7 Å². The quantitative estimate of drug-likeness (QED) is 0.444. The highest BCUT2D eigenvalue weighted by Crippen LogP contribution is 2.38. The number of hydrogen-bond donors (Lipinski definition) is 2. The molecular weight excluding hydrogens is 458 g/mol. The van der Waals surface area contributed by atoms with Gasteiger partial charge in [-0.05, 0) is 57.2 Å². The summed E-state index contributed by atoms with van der Waals surface area (Å²) in [5.74, 6) is 0.926. The number of nitrogens with two attached hydrogens (primary N) is 1. The highest BCUT2D eigenvalue weighted by molar-refractivity contribution is 7.99. The number of hydrogen-bond acceptors (Lipinski definition) is 7. The molecule has 0 atom stereocenters. The van der Waals surface area contributed by atoms with E-state index in [0.717, 1.165) is 41.9 Å². The molecule has 8 nitrogen and oxygen atoms in total. The first-order valence-corrected chi connectivity index (χ1v) is 12.7. The number of nitrogens with one attached hydrogen (secondary N) is 1. The lowest BCUT2D eigenvalue weighted by Gasteiger charge is -2.11. The zero-order valence-corrected chi connectivity index (χ0v) is 20.4. The summed E-state index contributed by atoms with van der Waals surface area (Å²) in [6, 6.07) is 7.83. The van der Waals surface area contributed by atoms with Crippen LogP contribution in [0.15, 0.2) is 29.4 Å². The molecule has 1 aliphatic rings. The minimum Gasteiger partial charge on any atom is -0.486 e. The zero-order valence-electron chi connectivity index (χ0n) is 18.7. The van der Waals surface area contributed by atoms with Crippen LogP contribution < -0.4 is 15.8 Å². The maximum atomic E-state index is 12.7. The number of fused-ring (bicyclic) bond motifs is 1. The third kappa shape index (κ3) is 5.39. The number of carbonyl (C=O) groups is 2. The van der Waals surface area contributed by atoms with Crippen LogP contribution in [0, 0.1) is 6.92 Å². The Morgan fingerprint density at radius 1 is 1.21 bits per heavy atom. The number of ether oxygens (including phenoxy) is 1. The van der Waals surface area contributed by atoms with Crippen molar-refractivity contribution >= 4 is 39.9 Å². The van der Waals surface area contributed by atoms with Crippen molar-refractivity contribution in [2.45, 2.75) is 57.8 Å². The van der Waals surface area contributed by atoms with Gasteiger partial charge in [0.2, 0.25) is 5.91 Å². The van der Waals surface area contributed by atoms with Gasteiger partial charge in [-0.15, -0.1) is 21.5 Å². The Morgan fingerprint density at radius 3 is 2.70 bits per heavy atom. The monoisotopic (exact) mass is 485 g/mol. The van der Waals surface area contributed by atoms with Gasteiger partial charge in [0.15, 0.2) is 11.0 Å². The summed E-state index contributed by atoms with van der Waals surface area (Å²) in [7, 11) is 0. The van der Waals surface area contributed by atoms with Crippen molar-refractivity contribution in [1.82, 2.24) is 14.8 Å². The summed E-state index contributed by atoms with van der Waals surface area (Å²) >= 11 is 2.77. The van der Waals surface area contributed by atoms with E-state index in [2.05, 4.69) is 15.5 Å². The van der Waals surface area contributed by atoms with E-state index in [1.54, 1.807) is 0 Å². The average molecular weight is 486 g/mol. The van der Waals surface area contributed by atoms with Crippen LogP contribution in [0.5, 0.6) is 5.75 Å². The smallest absolute Gasteiger partial charge is 0.251 e. The van der Waals surface area contributed by atoms with Gasteiger partial charge in [-0.25, -0.2) is 0 Å². The van der Waals surface area contributed by atoms with E-state index in [1.807, 2.05) is 42.7 Å². The topological polar surface area (TPSA) is 112 Å². The lowest BCUT2D eigenvalue weighted by Crippen LogP contribution is -2.19. The predicted molar refractivity (Wildman–Crippen MR) is 130 cm³/mol. The molecule has 33 heavy (non-hydrogen) atoms. The second-order valence-corrected chi connectivity index (χ2v) is 9.91. The first-order valence-electron chi connectivity index (χ1n) is 10.9. The first kappa shape index (κ1) is 23.3. The van der Waals surface area contributed by atoms with Crippen molar-refractivity contribution in [1.29, 1.82) is 0 Å². The van der Waals surface area contributed by atoms with E-state index in [-0.39, 0.29) is 11.7 Å². The van der Waals surface area contributed by atoms with Crippen molar-refractivity contribution in [3.8, 4) is 5.75 Å². The fourth-order valence-electron chi connectivity index (χ4n) is 3.84. The lowest BCUT2D eigenvalue weighted by molar-refractivity contribution is -0.113. The Labute approximate surface area is 200 Å². The average Bonchev–Trinajstić information content (AvgIpc) is 3.37. The second kappa shape index (κ2) is 10.4. The number of nitrogens with zero attached hydrogens (tertiary/aromatic N) is 3. The minimum atomic E-state index is -0.485. The Hall–Kier alpha value is -2.85. The number of thiophene rings is 1. The number of amides is 2. The molecule has 0 bridgehead atoms. The number of aromatic nitrogens is 3. The highest BCUT2D eigenvalue weighted by atomic mass is 32.2. The molecule has 0 saturated carbocycles. The number of rotatable bonds is 9. The van der Waals surface area contributed by atoms with E-state index in [9.17, 15) is 9.59 Å². The van der Waals surface area contributed by atoms with E-state index >= 15 is 0 Å². The molecule has 3 N–H and O–H groups in total. The molecule has 0 saturated heterocycles. The molecule has 1 aliphatic carbocycles. The van der Waals surface area contributed by atoms with Gasteiger partial charge in [-0.3, -0.25) is 9.59 Å². The van der Waals surface area contributed by atoms with Crippen molar-refractivity contribution in [3.05, 3.63) is 51.7 Å². The summed E-state index contributed by atoms with van der Waals surface area (Å²) in [4.78, 5) is 25.8. The highest BCUT2D eigenvalue weighted by Gasteiger charge is 2.25. The molecule has 2 aromatic heterocycles. The largest absolute Gasteiger partial charge is 0.486 e. The van der Waals surface area contributed by atoms with Gasteiger partial charge in [0.1, 0.15) is 17.4 Å². The number of aryl methyl sites for hydroxylation is 2. The van der Waals surface area contributed by atoms with Crippen LogP contribution in [0.25, 0.3) is 0 Å². The predicted octanol–water partition coefficient (Wildman–Crippen LogP) is 3.96. The summed E-state index contributed by atoms with van der Waals surface area (Å²) in [6.45, 7) is 4.98. The first-order chi connectivity index (χ1) is 16.0. The fourth-order valence-corrected chi connectivity index (χ4v) is 5.97. The molecule has 2 heterocycles. The molecule has 0 spiro atoms. The molecular formula is C23H27N5O3S2. The van der Waals surface area contributed by atoms with Crippen LogP contribution in [0.3, 0.4) is 0 Å². The molecule has 0 radical (unpaired) electrons. The SMILES string of the molecule is CCn1c(COc2ccc(C)cc2)nnc1SCC(=O)Nc1sc2c(c1C(N)=O)CCCC2. The summed E-state index contributed by atoms with van der Waals surface area (Å²) in [6.07, 6.45) is 3.90. The van der Waals surface area contributed by atoms with Gasteiger partial charge in [-0.1, -0.05) is 29.5 Å². The van der Waals surface area contributed by atoms with Gasteiger partial charge in [0.25, 0.3) is 5.91 Å². The van der Waals surface area contributed by atoms with E-state index < -0.39 is 5.91 Å². The molecule has 1 aromatic carbocycles. The third-order valence-corrected chi connectivity index (χ3v) is 7.68. The molecule has 10 heteroatoms. The maximum Gasteiger partial charge on any atom is 0.251 e. The molecule has 0 aliphatic heterocycles. The van der Waals surface area contributed by atoms with E-state index in [4.69, 9.17) is 10.5 Å². The number of thioether (sulfide) groups is 1. The van der Waals surface area contributed by atoms with Gasteiger partial charge < -0.3 is 20.4 Å². The standard InChI is InChI=1S/C23H27N5O3S2/c1-3-28-18(12-31-15-10-8-14(2)9-11-15)26-27-23(28)32-13-19(29)25-22-20(21(24)30)16-6-4-5-7-17(16)33-22/h8-11H,3-7,12-13H2,1-2H3,(H2,24,30)(H,25,29). The van der Waals surface area contributed by atoms with Gasteiger partial charge in [-0.2, -0.15) is 0 Å². The van der Waals surface area contributed by atoms with Crippen LogP contribution >= 0.6 is 23.1 Å². The second-order valence-electron chi connectivity index (χ2n) is 7.86.